The Kier molecular flexibility index (Phi) is 1.07. The molecule has 0 aromatic rings. The van der Waals surface area contributed by atoms with Gasteiger partial charge in [0.15, 0.2) is 0 Å². The fourth-order valence-corrected chi connectivity index (χ4v) is 2.44. The largest absolute Gasteiger partial charge is 0.0817 e. The van der Waals surface area contributed by atoms with E-state index in [0.717, 1.165) is 11.8 Å². The first-order chi connectivity index (χ1) is 4.62. The van der Waals surface area contributed by atoms with E-state index in [2.05, 4.69) is 26.8 Å². The van der Waals surface area contributed by atoms with Crippen LogP contribution in [0.15, 0.2) is 11.6 Å². The molecule has 0 unspecified atom stereocenters. The van der Waals surface area contributed by atoms with Gasteiger partial charge in [-0.3, -0.25) is 0 Å². The van der Waals surface area contributed by atoms with Crippen LogP contribution in [0.3, 0.4) is 0 Å². The van der Waals surface area contributed by atoms with Gasteiger partial charge in [-0.1, -0.05) is 25.5 Å². The van der Waals surface area contributed by atoms with E-state index in [0.29, 0.717) is 5.41 Å². The van der Waals surface area contributed by atoms with Crippen LogP contribution in [-0.4, -0.2) is 0 Å². The molecule has 2 atom stereocenters. The minimum atomic E-state index is 0.651. The number of hydrogen-bond donors (Lipinski definition) is 0. The second-order valence-electron chi connectivity index (χ2n) is 4.51. The first kappa shape index (κ1) is 6.45. The molecule has 0 heterocycles. The number of allylic oxidation sites excluding steroid dienone is 2. The molecule has 0 amide bonds. The van der Waals surface area contributed by atoms with E-state index in [1.54, 1.807) is 5.57 Å². The minimum absolute atomic E-state index is 0.651. The van der Waals surface area contributed by atoms with Crippen LogP contribution < -0.4 is 0 Å². The van der Waals surface area contributed by atoms with Crippen molar-refractivity contribution in [2.75, 3.05) is 0 Å². The highest BCUT2D eigenvalue weighted by molar-refractivity contribution is 5.21. The third-order valence-corrected chi connectivity index (χ3v) is 3.45. The van der Waals surface area contributed by atoms with Gasteiger partial charge in [0.25, 0.3) is 0 Å². The van der Waals surface area contributed by atoms with Crippen molar-refractivity contribution >= 4 is 0 Å². The molecule has 0 heteroatoms. The van der Waals surface area contributed by atoms with Gasteiger partial charge in [-0.25, -0.2) is 0 Å². The molecule has 2 aliphatic rings. The Morgan fingerprint density at radius 3 is 2.70 bits per heavy atom. The van der Waals surface area contributed by atoms with Gasteiger partial charge in [-0.15, -0.1) is 0 Å². The molecule has 0 aromatic carbocycles. The predicted octanol–water partition coefficient (Wildman–Crippen LogP) is 3.00. The van der Waals surface area contributed by atoms with E-state index in [1.165, 1.54) is 12.8 Å². The van der Waals surface area contributed by atoms with Gasteiger partial charge >= 0.3 is 0 Å². The zero-order valence-electron chi connectivity index (χ0n) is 7.15. The van der Waals surface area contributed by atoms with E-state index in [4.69, 9.17) is 0 Å². The van der Waals surface area contributed by atoms with Gasteiger partial charge in [0.05, 0.1) is 0 Å². The van der Waals surface area contributed by atoms with Gasteiger partial charge < -0.3 is 0 Å². The van der Waals surface area contributed by atoms with Crippen molar-refractivity contribution in [3.8, 4) is 0 Å². The van der Waals surface area contributed by atoms with Gasteiger partial charge in [0.1, 0.15) is 0 Å². The average molecular weight is 136 g/mol. The molecule has 0 aromatic heterocycles. The van der Waals surface area contributed by atoms with E-state index in [1.807, 2.05) is 0 Å². The Morgan fingerprint density at radius 2 is 2.20 bits per heavy atom. The molecule has 0 bridgehead atoms. The Balaban J connectivity index is 2.20. The number of rotatable bonds is 0. The third-order valence-electron chi connectivity index (χ3n) is 3.45. The van der Waals surface area contributed by atoms with Crippen LogP contribution in [0.5, 0.6) is 0 Å². The second-order valence-corrected chi connectivity index (χ2v) is 4.51. The van der Waals surface area contributed by atoms with Crippen LogP contribution in [0.25, 0.3) is 0 Å². The lowest BCUT2D eigenvalue weighted by Crippen LogP contribution is -1.90. The summed E-state index contributed by atoms with van der Waals surface area (Å²) >= 11 is 0. The summed E-state index contributed by atoms with van der Waals surface area (Å²) < 4.78 is 0. The highest BCUT2D eigenvalue weighted by Crippen LogP contribution is 2.63. The molecule has 0 nitrogen and oxygen atoms in total. The first-order valence-corrected chi connectivity index (χ1v) is 4.29. The molecule has 0 aliphatic heterocycles. The van der Waals surface area contributed by atoms with Crippen molar-refractivity contribution in [2.24, 2.45) is 17.3 Å². The summed E-state index contributed by atoms with van der Waals surface area (Å²) in [5.41, 5.74) is 2.27. The van der Waals surface area contributed by atoms with Crippen molar-refractivity contribution < 1.29 is 0 Å². The molecule has 0 N–H and O–H groups in total. The van der Waals surface area contributed by atoms with Crippen molar-refractivity contribution in [3.63, 3.8) is 0 Å². The summed E-state index contributed by atoms with van der Waals surface area (Å²) in [7, 11) is 0. The molecule has 1 fully saturated rings. The summed E-state index contributed by atoms with van der Waals surface area (Å²) in [4.78, 5) is 0. The van der Waals surface area contributed by atoms with Gasteiger partial charge in [0.2, 0.25) is 0 Å². The monoisotopic (exact) mass is 136 g/mol. The summed E-state index contributed by atoms with van der Waals surface area (Å²) in [6.45, 7) is 7.07. The molecular formula is C10H16. The topological polar surface area (TPSA) is 0 Å². The summed E-state index contributed by atoms with van der Waals surface area (Å²) in [5, 5.41) is 0. The highest BCUT2D eigenvalue weighted by atomic mass is 14.6. The van der Waals surface area contributed by atoms with Crippen LogP contribution in [0, 0.1) is 17.3 Å². The van der Waals surface area contributed by atoms with Gasteiger partial charge in [-0.05, 0) is 37.0 Å². The smallest absolute Gasteiger partial charge is 0.0143 e. The van der Waals surface area contributed by atoms with Crippen molar-refractivity contribution in [3.05, 3.63) is 11.6 Å². The van der Waals surface area contributed by atoms with Crippen molar-refractivity contribution in [1.29, 1.82) is 0 Å². The average Bonchev–Trinajstić information content (AvgIpc) is 2.36. The lowest BCUT2D eigenvalue weighted by Gasteiger charge is -2.05. The molecular weight excluding hydrogens is 120 g/mol. The standard InChI is InChI=1S/C10H16/c1-7-4-5-8-9(6-7)10(8,2)3/h6,8-9H,4-5H2,1-3H3/t8-,9+/m0/s1. The maximum Gasteiger partial charge on any atom is -0.0143 e. The predicted molar refractivity (Wildman–Crippen MR) is 43.8 cm³/mol. The SMILES string of the molecule is CC1=C[C@@H]2[C@H](CC1)C2(C)C. The Morgan fingerprint density at radius 1 is 1.50 bits per heavy atom. The van der Waals surface area contributed by atoms with E-state index >= 15 is 0 Å². The lowest BCUT2D eigenvalue weighted by atomic mass is 10.0. The normalized spacial score (nSPS) is 42.1. The summed E-state index contributed by atoms with van der Waals surface area (Å²) in [5.74, 6) is 1.96. The van der Waals surface area contributed by atoms with Crippen LogP contribution in [0.1, 0.15) is 33.6 Å². The van der Waals surface area contributed by atoms with Crippen LogP contribution in [0.2, 0.25) is 0 Å². The quantitative estimate of drug-likeness (QED) is 0.449. The Bertz CT molecular complexity index is 186. The van der Waals surface area contributed by atoms with E-state index in [9.17, 15) is 0 Å². The second kappa shape index (κ2) is 1.66. The lowest BCUT2D eigenvalue weighted by molar-refractivity contribution is 0.533. The molecule has 2 rings (SSSR count). The number of hydrogen-bond acceptors (Lipinski definition) is 0. The maximum atomic E-state index is 2.49. The zero-order chi connectivity index (χ0) is 7.35. The molecule has 0 radical (unpaired) electrons. The molecule has 2 aliphatic carbocycles. The zero-order valence-corrected chi connectivity index (χ0v) is 7.15. The third kappa shape index (κ3) is 0.680. The van der Waals surface area contributed by atoms with Gasteiger partial charge in [-0.2, -0.15) is 0 Å². The van der Waals surface area contributed by atoms with Crippen molar-refractivity contribution in [2.45, 2.75) is 33.6 Å². The number of fused-ring (bicyclic) bond motifs is 1. The Hall–Kier alpha value is -0.260. The highest BCUT2D eigenvalue weighted by Gasteiger charge is 2.56. The summed E-state index contributed by atoms with van der Waals surface area (Å²) in [6.07, 6.45) is 5.29. The fraction of sp³-hybridized carbons (Fsp3) is 0.800. The van der Waals surface area contributed by atoms with Crippen LogP contribution in [-0.2, 0) is 0 Å². The van der Waals surface area contributed by atoms with Crippen molar-refractivity contribution in [1.82, 2.24) is 0 Å². The van der Waals surface area contributed by atoms with E-state index in [-0.39, 0.29) is 0 Å². The molecule has 0 spiro atoms. The summed E-state index contributed by atoms with van der Waals surface area (Å²) in [6, 6.07) is 0. The Labute approximate surface area is 63.3 Å². The fourth-order valence-electron chi connectivity index (χ4n) is 2.44. The van der Waals surface area contributed by atoms with Crippen LogP contribution >= 0.6 is 0 Å². The van der Waals surface area contributed by atoms with E-state index < -0.39 is 0 Å². The molecule has 10 heavy (non-hydrogen) atoms. The minimum Gasteiger partial charge on any atom is -0.0817 e. The maximum absolute atomic E-state index is 2.49. The van der Waals surface area contributed by atoms with Gasteiger partial charge in [0, 0.05) is 0 Å². The molecule has 56 valence electrons. The van der Waals surface area contributed by atoms with Crippen LogP contribution in [0.4, 0.5) is 0 Å². The first-order valence-electron chi connectivity index (χ1n) is 4.29. The molecule has 1 saturated carbocycles. The molecule has 0 saturated heterocycles.